The fourth-order valence-electron chi connectivity index (χ4n) is 1.30. The zero-order valence-electron chi connectivity index (χ0n) is 8.81. The van der Waals surface area contributed by atoms with E-state index in [2.05, 4.69) is 10.3 Å². The van der Waals surface area contributed by atoms with Crippen LogP contribution in [0.4, 0.5) is 10.2 Å². The number of anilines is 1. The van der Waals surface area contributed by atoms with Crippen LogP contribution in [0.5, 0.6) is 0 Å². The highest BCUT2D eigenvalue weighted by atomic mass is 19.1. The number of carbonyl (C=O) groups excluding carboxylic acids is 1. The van der Waals surface area contributed by atoms with Gasteiger partial charge in [0, 0.05) is 12.1 Å². The van der Waals surface area contributed by atoms with E-state index in [0.29, 0.717) is 0 Å². The zero-order chi connectivity index (χ0) is 12.3. The van der Waals surface area contributed by atoms with Gasteiger partial charge in [-0.1, -0.05) is 0 Å². The van der Waals surface area contributed by atoms with Gasteiger partial charge in [0.25, 0.3) is 5.91 Å². The first-order valence-corrected chi connectivity index (χ1v) is 4.87. The number of hydrogen-bond acceptors (Lipinski definition) is 4. The molecule has 2 rings (SSSR count). The Kier molecular flexibility index (Phi) is 3.04. The maximum Gasteiger partial charge on any atom is 0.255 e. The summed E-state index contributed by atoms with van der Waals surface area (Å²) < 4.78 is 17.8. The quantitative estimate of drug-likeness (QED) is 0.840. The molecule has 88 valence electrons. The predicted molar refractivity (Wildman–Crippen MR) is 58.5 cm³/mol. The number of nitrogen functional groups attached to an aromatic ring is 1. The van der Waals surface area contributed by atoms with E-state index in [1.165, 1.54) is 12.5 Å². The molecule has 0 unspecified atom stereocenters. The summed E-state index contributed by atoms with van der Waals surface area (Å²) >= 11 is 0. The van der Waals surface area contributed by atoms with Crippen molar-refractivity contribution in [1.29, 1.82) is 0 Å². The van der Waals surface area contributed by atoms with Gasteiger partial charge >= 0.3 is 0 Å². The highest BCUT2D eigenvalue weighted by Gasteiger charge is 2.11. The third-order valence-electron chi connectivity index (χ3n) is 2.16. The summed E-state index contributed by atoms with van der Waals surface area (Å²) in [5.74, 6) is -1.08. The highest BCUT2D eigenvalue weighted by molar-refractivity contribution is 5.98. The van der Waals surface area contributed by atoms with Crippen molar-refractivity contribution in [2.24, 2.45) is 0 Å². The molecule has 6 heteroatoms. The number of carbonyl (C=O) groups is 1. The fourth-order valence-corrected chi connectivity index (χ4v) is 1.30. The third-order valence-corrected chi connectivity index (χ3v) is 2.16. The number of rotatable bonds is 3. The van der Waals surface area contributed by atoms with Crippen molar-refractivity contribution in [3.8, 4) is 0 Å². The van der Waals surface area contributed by atoms with E-state index in [9.17, 15) is 9.18 Å². The first-order chi connectivity index (χ1) is 8.16. The van der Waals surface area contributed by atoms with Crippen molar-refractivity contribution in [3.05, 3.63) is 47.8 Å². The molecule has 0 saturated heterocycles. The molecule has 0 fully saturated rings. The Morgan fingerprint density at radius 3 is 3.12 bits per heavy atom. The Morgan fingerprint density at radius 2 is 2.41 bits per heavy atom. The van der Waals surface area contributed by atoms with E-state index in [1.807, 2.05) is 0 Å². The van der Waals surface area contributed by atoms with E-state index in [-0.39, 0.29) is 17.9 Å². The molecule has 0 spiro atoms. The van der Waals surface area contributed by atoms with Crippen molar-refractivity contribution in [1.82, 2.24) is 10.3 Å². The number of nitrogens with one attached hydrogen (secondary N) is 1. The lowest BCUT2D eigenvalue weighted by atomic mass is 10.2. The van der Waals surface area contributed by atoms with Crippen molar-refractivity contribution in [2.45, 2.75) is 6.54 Å². The van der Waals surface area contributed by atoms with Crippen LogP contribution in [0, 0.1) is 5.82 Å². The summed E-state index contributed by atoms with van der Waals surface area (Å²) in [6.07, 6.45) is 3.97. The highest BCUT2D eigenvalue weighted by Crippen LogP contribution is 2.10. The van der Waals surface area contributed by atoms with Gasteiger partial charge in [-0.2, -0.15) is 0 Å². The molecule has 0 aromatic carbocycles. The van der Waals surface area contributed by atoms with Crippen molar-refractivity contribution >= 4 is 11.7 Å². The second-order valence-corrected chi connectivity index (χ2v) is 3.40. The Hall–Kier alpha value is -2.37. The molecule has 0 radical (unpaired) electrons. The second-order valence-electron chi connectivity index (χ2n) is 3.40. The van der Waals surface area contributed by atoms with Gasteiger partial charge in [0.2, 0.25) is 0 Å². The van der Waals surface area contributed by atoms with E-state index in [0.717, 1.165) is 17.8 Å². The normalized spacial score (nSPS) is 10.2. The molecule has 1 amide bonds. The first-order valence-electron chi connectivity index (χ1n) is 4.87. The summed E-state index contributed by atoms with van der Waals surface area (Å²) in [6, 6.07) is 2.76. The van der Waals surface area contributed by atoms with Crippen LogP contribution in [0.25, 0.3) is 0 Å². The number of nitrogens with two attached hydrogens (primary N) is 1. The van der Waals surface area contributed by atoms with Gasteiger partial charge in [-0.3, -0.25) is 4.79 Å². The van der Waals surface area contributed by atoms with Crippen LogP contribution in [-0.4, -0.2) is 10.9 Å². The molecule has 2 aromatic heterocycles. The second kappa shape index (κ2) is 4.65. The maximum atomic E-state index is 12.9. The van der Waals surface area contributed by atoms with Crippen LogP contribution in [0.3, 0.4) is 0 Å². The largest absolute Gasteiger partial charge is 0.472 e. The Bertz CT molecular complexity index is 526. The summed E-state index contributed by atoms with van der Waals surface area (Å²) in [5.41, 5.74) is 6.31. The lowest BCUT2D eigenvalue weighted by molar-refractivity contribution is 0.0951. The van der Waals surface area contributed by atoms with Crippen molar-refractivity contribution in [2.75, 3.05) is 5.73 Å². The number of nitrogens with zero attached hydrogens (tertiary/aromatic N) is 1. The monoisotopic (exact) mass is 235 g/mol. The average molecular weight is 235 g/mol. The third kappa shape index (κ3) is 2.60. The summed E-state index contributed by atoms with van der Waals surface area (Å²) in [4.78, 5) is 15.3. The van der Waals surface area contributed by atoms with Crippen LogP contribution in [-0.2, 0) is 6.54 Å². The fraction of sp³-hybridized carbons (Fsp3) is 0.0909. The molecule has 0 saturated carbocycles. The molecule has 0 aliphatic carbocycles. The van der Waals surface area contributed by atoms with Crippen LogP contribution in [0.15, 0.2) is 35.3 Å². The van der Waals surface area contributed by atoms with Crippen molar-refractivity contribution < 1.29 is 13.6 Å². The molecule has 3 N–H and O–H groups in total. The van der Waals surface area contributed by atoms with Gasteiger partial charge in [0.05, 0.1) is 24.3 Å². The minimum atomic E-state index is -0.604. The number of hydrogen-bond donors (Lipinski definition) is 2. The number of pyridine rings is 1. The Labute approximate surface area is 96.4 Å². The van der Waals surface area contributed by atoms with Crippen molar-refractivity contribution in [3.63, 3.8) is 0 Å². The summed E-state index contributed by atoms with van der Waals surface area (Å²) in [7, 11) is 0. The lowest BCUT2D eigenvalue weighted by Gasteiger charge is -2.05. The van der Waals surface area contributed by atoms with Gasteiger partial charge in [-0.15, -0.1) is 0 Å². The predicted octanol–water partition coefficient (Wildman–Crippen LogP) is 1.33. The topological polar surface area (TPSA) is 81.1 Å². The van der Waals surface area contributed by atoms with Gasteiger partial charge < -0.3 is 15.5 Å². The molecular weight excluding hydrogens is 225 g/mol. The number of furan rings is 1. The zero-order valence-corrected chi connectivity index (χ0v) is 8.81. The lowest BCUT2D eigenvalue weighted by Crippen LogP contribution is -2.24. The molecule has 0 atom stereocenters. The molecule has 0 aliphatic rings. The molecule has 0 bridgehead atoms. The Balaban J connectivity index is 2.07. The van der Waals surface area contributed by atoms with Gasteiger partial charge in [0.1, 0.15) is 11.6 Å². The summed E-state index contributed by atoms with van der Waals surface area (Å²) in [6.45, 7) is 0.283. The molecule has 17 heavy (non-hydrogen) atoms. The first kappa shape index (κ1) is 11.1. The molecule has 2 heterocycles. The molecular formula is C11H10FN3O2. The minimum Gasteiger partial charge on any atom is -0.472 e. The van der Waals surface area contributed by atoms with E-state index < -0.39 is 11.7 Å². The maximum absolute atomic E-state index is 12.9. The smallest absolute Gasteiger partial charge is 0.255 e. The molecule has 5 nitrogen and oxygen atoms in total. The van der Waals surface area contributed by atoms with Gasteiger partial charge in [-0.25, -0.2) is 9.37 Å². The van der Waals surface area contributed by atoms with Crippen LogP contribution < -0.4 is 11.1 Å². The standard InChI is InChI=1S/C11H10FN3O2/c12-8-3-9(10(13)14-5-8)11(16)15-4-7-1-2-17-6-7/h1-3,5-6H,4H2,(H2,13,14)(H,15,16). The number of aromatic nitrogens is 1. The van der Waals surface area contributed by atoms with Crippen LogP contribution in [0.2, 0.25) is 0 Å². The number of amides is 1. The summed E-state index contributed by atoms with van der Waals surface area (Å²) in [5, 5.41) is 2.58. The minimum absolute atomic E-state index is 0.00362. The number of halogens is 1. The Morgan fingerprint density at radius 1 is 1.59 bits per heavy atom. The molecule has 0 aliphatic heterocycles. The van der Waals surface area contributed by atoms with E-state index in [1.54, 1.807) is 6.07 Å². The van der Waals surface area contributed by atoms with Gasteiger partial charge in [-0.05, 0) is 12.1 Å². The van der Waals surface area contributed by atoms with E-state index in [4.69, 9.17) is 10.2 Å². The molecule has 2 aromatic rings. The van der Waals surface area contributed by atoms with E-state index >= 15 is 0 Å². The van der Waals surface area contributed by atoms with Crippen LogP contribution in [0.1, 0.15) is 15.9 Å². The average Bonchev–Trinajstić information content (AvgIpc) is 2.82. The van der Waals surface area contributed by atoms with Crippen LogP contribution >= 0.6 is 0 Å². The SMILES string of the molecule is Nc1ncc(F)cc1C(=O)NCc1ccoc1. The van der Waals surface area contributed by atoms with Gasteiger partial charge in [0.15, 0.2) is 0 Å².